The quantitative estimate of drug-likeness (QED) is 0.513. The number of aromatic nitrogens is 1. The van der Waals surface area contributed by atoms with Crippen LogP contribution < -0.4 is 10.2 Å². The number of fused-ring (bicyclic) bond motifs is 1. The molecule has 3 rings (SSSR count). The van der Waals surface area contributed by atoms with Crippen molar-refractivity contribution in [1.29, 1.82) is 0 Å². The predicted octanol–water partition coefficient (Wildman–Crippen LogP) is 6.23. The second kappa shape index (κ2) is 9.46. The first kappa shape index (κ1) is 22.3. The van der Waals surface area contributed by atoms with Crippen molar-refractivity contribution < 1.29 is 4.79 Å². The van der Waals surface area contributed by atoms with E-state index < -0.39 is 0 Å². The van der Waals surface area contributed by atoms with Crippen LogP contribution >= 0.6 is 35.6 Å². The summed E-state index contributed by atoms with van der Waals surface area (Å²) in [6, 6.07) is 10.8. The number of nitrogens with zero attached hydrogens (tertiary/aromatic N) is 2. The minimum absolute atomic E-state index is 0. The molecule has 1 N–H and O–H groups in total. The molecular formula is C21H22Cl3N3O. The van der Waals surface area contributed by atoms with Gasteiger partial charge in [0.2, 0.25) is 0 Å². The molecule has 0 saturated heterocycles. The number of amides is 1. The molecule has 2 aromatic carbocycles. The van der Waals surface area contributed by atoms with Gasteiger partial charge in [-0.3, -0.25) is 9.78 Å². The molecule has 0 bridgehead atoms. The molecule has 0 spiro atoms. The van der Waals surface area contributed by atoms with E-state index >= 15 is 0 Å². The summed E-state index contributed by atoms with van der Waals surface area (Å²) >= 11 is 12.3. The van der Waals surface area contributed by atoms with Crippen molar-refractivity contribution in [2.24, 2.45) is 0 Å². The third-order valence-corrected chi connectivity index (χ3v) is 4.98. The molecule has 1 heterocycles. The summed E-state index contributed by atoms with van der Waals surface area (Å²) in [6.07, 6.45) is 3.87. The molecule has 28 heavy (non-hydrogen) atoms. The van der Waals surface area contributed by atoms with Gasteiger partial charge in [-0.25, -0.2) is 0 Å². The molecule has 1 amide bonds. The van der Waals surface area contributed by atoms with Crippen molar-refractivity contribution in [3.63, 3.8) is 0 Å². The normalized spacial score (nSPS) is 10.5. The van der Waals surface area contributed by atoms with Crippen LogP contribution in [0.1, 0.15) is 29.3 Å². The lowest BCUT2D eigenvalue weighted by molar-refractivity contribution is 0.102. The van der Waals surface area contributed by atoms with E-state index in [0.29, 0.717) is 15.7 Å². The molecule has 0 aliphatic rings. The average Bonchev–Trinajstić information content (AvgIpc) is 2.61. The fraction of sp³-hybridized carbons (Fsp3) is 0.238. The highest BCUT2D eigenvalue weighted by molar-refractivity contribution is 6.40. The van der Waals surface area contributed by atoms with E-state index in [2.05, 4.69) is 22.1 Å². The van der Waals surface area contributed by atoms with Crippen LogP contribution in [0.5, 0.6) is 0 Å². The van der Waals surface area contributed by atoms with Crippen LogP contribution in [0.25, 0.3) is 10.9 Å². The maximum atomic E-state index is 12.8. The first-order chi connectivity index (χ1) is 12.9. The highest BCUT2D eigenvalue weighted by Gasteiger charge is 2.18. The SMILES string of the molecule is CCCc1cnc2c(NC(=O)c3c(Cl)cccc3Cl)cccc2c1N(C)C.Cl. The fourth-order valence-electron chi connectivity index (χ4n) is 3.23. The Morgan fingerprint density at radius 3 is 2.36 bits per heavy atom. The monoisotopic (exact) mass is 437 g/mol. The molecule has 0 saturated carbocycles. The number of carbonyl (C=O) groups is 1. The van der Waals surface area contributed by atoms with Crippen LogP contribution in [0.2, 0.25) is 10.0 Å². The van der Waals surface area contributed by atoms with Gasteiger partial charge in [-0.05, 0) is 30.2 Å². The molecular weight excluding hydrogens is 417 g/mol. The Balaban J connectivity index is 0.00000280. The smallest absolute Gasteiger partial charge is 0.258 e. The van der Waals surface area contributed by atoms with Crippen LogP contribution in [0.4, 0.5) is 11.4 Å². The van der Waals surface area contributed by atoms with Gasteiger partial charge in [-0.1, -0.05) is 54.7 Å². The standard InChI is InChI=1S/C21H21Cl2N3O.ClH/c1-4-7-13-12-24-19-14(20(13)26(2)3)8-5-11-17(19)25-21(27)18-15(22)9-6-10-16(18)23;/h5-6,8-12H,4,7H2,1-3H3,(H,25,27);1H. The first-order valence-corrected chi connectivity index (χ1v) is 9.53. The van der Waals surface area contributed by atoms with E-state index in [-0.39, 0.29) is 23.9 Å². The summed E-state index contributed by atoms with van der Waals surface area (Å²) in [5.74, 6) is -0.357. The number of aryl methyl sites for hydroxylation is 1. The second-order valence-corrected chi connectivity index (χ2v) is 7.34. The van der Waals surface area contributed by atoms with E-state index in [4.69, 9.17) is 23.2 Å². The molecule has 0 unspecified atom stereocenters. The maximum Gasteiger partial charge on any atom is 0.258 e. The van der Waals surface area contributed by atoms with Crippen molar-refractivity contribution in [2.75, 3.05) is 24.3 Å². The lowest BCUT2D eigenvalue weighted by Crippen LogP contribution is -2.15. The summed E-state index contributed by atoms with van der Waals surface area (Å²) in [7, 11) is 4.03. The van der Waals surface area contributed by atoms with Crippen LogP contribution in [-0.4, -0.2) is 25.0 Å². The Morgan fingerprint density at radius 2 is 1.75 bits per heavy atom. The van der Waals surface area contributed by atoms with Gasteiger partial charge in [0, 0.05) is 25.7 Å². The lowest BCUT2D eigenvalue weighted by atomic mass is 10.0. The predicted molar refractivity (Wildman–Crippen MR) is 122 cm³/mol. The Bertz CT molecular complexity index is 985. The number of halogens is 3. The number of para-hydroxylation sites is 1. The maximum absolute atomic E-state index is 12.8. The summed E-state index contributed by atoms with van der Waals surface area (Å²) in [5.41, 5.74) is 3.92. The topological polar surface area (TPSA) is 45.2 Å². The Morgan fingerprint density at radius 1 is 1.11 bits per heavy atom. The van der Waals surface area contributed by atoms with Gasteiger partial charge in [-0.15, -0.1) is 12.4 Å². The molecule has 1 aromatic heterocycles. The molecule has 148 valence electrons. The van der Waals surface area contributed by atoms with Crippen LogP contribution in [0.3, 0.4) is 0 Å². The van der Waals surface area contributed by atoms with Crippen molar-refractivity contribution in [1.82, 2.24) is 4.98 Å². The van der Waals surface area contributed by atoms with Gasteiger partial charge in [-0.2, -0.15) is 0 Å². The number of hydrogen-bond donors (Lipinski definition) is 1. The molecule has 0 atom stereocenters. The Labute approximate surface area is 181 Å². The van der Waals surface area contributed by atoms with Gasteiger partial charge < -0.3 is 10.2 Å². The summed E-state index contributed by atoms with van der Waals surface area (Å²) < 4.78 is 0. The zero-order valence-electron chi connectivity index (χ0n) is 15.9. The number of benzene rings is 2. The highest BCUT2D eigenvalue weighted by Crippen LogP contribution is 2.33. The molecule has 4 nitrogen and oxygen atoms in total. The first-order valence-electron chi connectivity index (χ1n) is 8.77. The van der Waals surface area contributed by atoms with Crippen molar-refractivity contribution >= 4 is 63.8 Å². The van der Waals surface area contributed by atoms with Crippen molar-refractivity contribution in [3.05, 3.63) is 63.8 Å². The third kappa shape index (κ3) is 4.35. The van der Waals surface area contributed by atoms with E-state index in [1.807, 2.05) is 38.5 Å². The molecule has 0 aliphatic carbocycles. The minimum atomic E-state index is -0.357. The zero-order valence-corrected chi connectivity index (χ0v) is 18.3. The molecule has 3 aromatic rings. The average molecular weight is 439 g/mol. The molecule has 0 radical (unpaired) electrons. The van der Waals surface area contributed by atoms with Crippen LogP contribution in [0.15, 0.2) is 42.6 Å². The van der Waals surface area contributed by atoms with E-state index in [0.717, 1.165) is 29.4 Å². The van der Waals surface area contributed by atoms with Gasteiger partial charge in [0.1, 0.15) is 0 Å². The van der Waals surface area contributed by atoms with Crippen LogP contribution in [0, 0.1) is 0 Å². The van der Waals surface area contributed by atoms with E-state index in [1.54, 1.807) is 18.2 Å². The number of nitrogens with one attached hydrogen (secondary N) is 1. The van der Waals surface area contributed by atoms with E-state index in [9.17, 15) is 4.79 Å². The zero-order chi connectivity index (χ0) is 19.6. The van der Waals surface area contributed by atoms with E-state index in [1.165, 1.54) is 5.56 Å². The van der Waals surface area contributed by atoms with Gasteiger partial charge in [0.25, 0.3) is 5.91 Å². The minimum Gasteiger partial charge on any atom is -0.377 e. The highest BCUT2D eigenvalue weighted by atomic mass is 35.5. The van der Waals surface area contributed by atoms with Gasteiger partial charge in [0.15, 0.2) is 0 Å². The Hall–Kier alpha value is -2.01. The molecule has 0 aliphatic heterocycles. The van der Waals surface area contributed by atoms with Crippen molar-refractivity contribution in [3.8, 4) is 0 Å². The summed E-state index contributed by atoms with van der Waals surface area (Å²) in [5, 5.41) is 4.53. The number of rotatable bonds is 5. The lowest BCUT2D eigenvalue weighted by Gasteiger charge is -2.20. The number of anilines is 2. The number of hydrogen-bond acceptors (Lipinski definition) is 3. The second-order valence-electron chi connectivity index (χ2n) is 6.53. The van der Waals surface area contributed by atoms with Gasteiger partial charge in [0.05, 0.1) is 32.5 Å². The number of pyridine rings is 1. The largest absolute Gasteiger partial charge is 0.377 e. The van der Waals surface area contributed by atoms with Gasteiger partial charge >= 0.3 is 0 Å². The molecule has 7 heteroatoms. The third-order valence-electron chi connectivity index (χ3n) is 4.35. The molecule has 0 fully saturated rings. The summed E-state index contributed by atoms with van der Waals surface area (Å²) in [4.78, 5) is 19.5. The van der Waals surface area contributed by atoms with Crippen LogP contribution in [-0.2, 0) is 6.42 Å². The number of carbonyl (C=O) groups excluding carboxylic acids is 1. The Kier molecular flexibility index (Phi) is 7.53. The van der Waals surface area contributed by atoms with Crippen molar-refractivity contribution in [2.45, 2.75) is 19.8 Å². The summed E-state index contributed by atoms with van der Waals surface area (Å²) in [6.45, 7) is 2.15. The fourth-order valence-corrected chi connectivity index (χ4v) is 3.80.